The molecule has 0 aliphatic carbocycles. The van der Waals surface area contributed by atoms with Crippen LogP contribution < -0.4 is 10.6 Å². The third-order valence-corrected chi connectivity index (χ3v) is 5.44. The molecule has 0 bridgehead atoms. The maximum Gasteiger partial charge on any atom is 0.242 e. The van der Waals surface area contributed by atoms with Gasteiger partial charge in [-0.1, -0.05) is 13.3 Å². The van der Waals surface area contributed by atoms with Gasteiger partial charge in [0, 0.05) is 25.6 Å². The fourth-order valence-electron chi connectivity index (χ4n) is 4.33. The number of piperidine rings is 2. The molecule has 3 atom stereocenters. The summed E-state index contributed by atoms with van der Waals surface area (Å²) >= 11 is 0. The first-order chi connectivity index (χ1) is 10.1. The number of likely N-dealkylation sites (tertiary alicyclic amines) is 1. The molecule has 0 spiro atoms. The summed E-state index contributed by atoms with van der Waals surface area (Å²) in [6.45, 7) is 4.71. The van der Waals surface area contributed by atoms with Crippen LogP contribution in [0.4, 0.5) is 0 Å². The molecule has 3 fully saturated rings. The van der Waals surface area contributed by atoms with Crippen molar-refractivity contribution in [3.8, 4) is 0 Å². The molecule has 3 aliphatic heterocycles. The van der Waals surface area contributed by atoms with Gasteiger partial charge >= 0.3 is 0 Å². The highest BCUT2D eigenvalue weighted by atomic mass is 16.2. The zero-order valence-electron chi connectivity index (χ0n) is 13.0. The van der Waals surface area contributed by atoms with Gasteiger partial charge in [-0.15, -0.1) is 0 Å². The van der Waals surface area contributed by atoms with Crippen molar-refractivity contribution in [1.29, 1.82) is 0 Å². The van der Waals surface area contributed by atoms with Gasteiger partial charge in [0.05, 0.1) is 5.54 Å². The number of nitrogens with one attached hydrogen (secondary N) is 2. The van der Waals surface area contributed by atoms with Crippen LogP contribution in [0.25, 0.3) is 0 Å². The van der Waals surface area contributed by atoms with Gasteiger partial charge in [-0.3, -0.25) is 9.59 Å². The number of carbonyl (C=O) groups is 2. The summed E-state index contributed by atoms with van der Waals surface area (Å²) in [5, 5.41) is 6.58. The highest BCUT2D eigenvalue weighted by molar-refractivity contribution is 5.87. The molecule has 2 N–H and O–H groups in total. The van der Waals surface area contributed by atoms with Crippen molar-refractivity contribution in [2.75, 3.05) is 19.6 Å². The van der Waals surface area contributed by atoms with E-state index in [1.807, 2.05) is 0 Å². The molecule has 21 heavy (non-hydrogen) atoms. The number of hydrogen-bond donors (Lipinski definition) is 2. The first-order valence-electron chi connectivity index (χ1n) is 8.48. The summed E-state index contributed by atoms with van der Waals surface area (Å²) in [4.78, 5) is 26.6. The molecule has 3 heterocycles. The third-order valence-electron chi connectivity index (χ3n) is 5.44. The summed E-state index contributed by atoms with van der Waals surface area (Å²) in [5.41, 5.74) is -0.306. The molecule has 3 aliphatic rings. The van der Waals surface area contributed by atoms with E-state index < -0.39 is 0 Å². The topological polar surface area (TPSA) is 61.4 Å². The molecule has 3 rings (SSSR count). The lowest BCUT2D eigenvalue weighted by Gasteiger charge is -2.44. The summed E-state index contributed by atoms with van der Waals surface area (Å²) in [5.74, 6) is 0.925. The number of amides is 2. The molecule has 0 aromatic carbocycles. The van der Waals surface area contributed by atoms with Crippen LogP contribution in [-0.2, 0) is 9.59 Å². The van der Waals surface area contributed by atoms with E-state index in [9.17, 15) is 9.59 Å². The Labute approximate surface area is 126 Å². The Kier molecular flexibility index (Phi) is 4.20. The predicted molar refractivity (Wildman–Crippen MR) is 80.7 cm³/mol. The Morgan fingerprint density at radius 2 is 2.29 bits per heavy atom. The van der Waals surface area contributed by atoms with Gasteiger partial charge < -0.3 is 15.5 Å². The number of rotatable bonds is 3. The lowest BCUT2D eigenvalue weighted by Crippen LogP contribution is -2.61. The second kappa shape index (κ2) is 5.95. The van der Waals surface area contributed by atoms with Crippen molar-refractivity contribution >= 4 is 11.8 Å². The minimum Gasteiger partial charge on any atom is -0.353 e. The monoisotopic (exact) mass is 293 g/mol. The van der Waals surface area contributed by atoms with Crippen LogP contribution in [0, 0.1) is 5.92 Å². The van der Waals surface area contributed by atoms with Gasteiger partial charge in [-0.2, -0.15) is 0 Å². The highest BCUT2D eigenvalue weighted by Gasteiger charge is 2.45. The van der Waals surface area contributed by atoms with Gasteiger partial charge in [-0.05, 0) is 44.6 Å². The zero-order valence-corrected chi connectivity index (χ0v) is 13.0. The second-order valence-electron chi connectivity index (χ2n) is 6.88. The molecule has 0 aromatic heterocycles. The Morgan fingerprint density at radius 1 is 1.43 bits per heavy atom. The summed E-state index contributed by atoms with van der Waals surface area (Å²) in [6.07, 6.45) is 6.49. The van der Waals surface area contributed by atoms with Crippen LogP contribution >= 0.6 is 0 Å². The van der Waals surface area contributed by atoms with Crippen molar-refractivity contribution in [2.45, 2.75) is 63.5 Å². The minimum atomic E-state index is -0.306. The summed E-state index contributed by atoms with van der Waals surface area (Å²) in [6, 6.07) is 0.286. The number of nitrogens with zero attached hydrogens (tertiary/aromatic N) is 1. The molecule has 3 saturated heterocycles. The summed E-state index contributed by atoms with van der Waals surface area (Å²) in [7, 11) is 0. The van der Waals surface area contributed by atoms with Crippen molar-refractivity contribution in [2.24, 2.45) is 5.92 Å². The number of fused-ring (bicyclic) bond motifs is 1. The normalized spacial score (nSPS) is 36.2. The van der Waals surface area contributed by atoms with E-state index in [2.05, 4.69) is 22.5 Å². The van der Waals surface area contributed by atoms with Gasteiger partial charge in [-0.25, -0.2) is 0 Å². The van der Waals surface area contributed by atoms with E-state index in [4.69, 9.17) is 0 Å². The minimum absolute atomic E-state index is 0.177. The van der Waals surface area contributed by atoms with Crippen molar-refractivity contribution in [3.05, 3.63) is 0 Å². The van der Waals surface area contributed by atoms with Gasteiger partial charge in [0.2, 0.25) is 11.8 Å². The zero-order chi connectivity index (χ0) is 14.9. The average Bonchev–Trinajstić information content (AvgIpc) is 2.96. The molecular formula is C16H27N3O2. The van der Waals surface area contributed by atoms with E-state index in [-0.39, 0.29) is 17.5 Å². The van der Waals surface area contributed by atoms with Crippen molar-refractivity contribution in [1.82, 2.24) is 15.5 Å². The Bertz CT molecular complexity index is 418. The number of carbonyl (C=O) groups excluding carboxylic acids is 2. The quantitative estimate of drug-likeness (QED) is 0.817. The Hall–Kier alpha value is -1.10. The van der Waals surface area contributed by atoms with Gasteiger partial charge in [0.1, 0.15) is 0 Å². The first kappa shape index (κ1) is 14.8. The van der Waals surface area contributed by atoms with Gasteiger partial charge in [0.25, 0.3) is 0 Å². The van der Waals surface area contributed by atoms with Crippen molar-refractivity contribution in [3.63, 3.8) is 0 Å². The van der Waals surface area contributed by atoms with E-state index in [0.717, 1.165) is 58.2 Å². The third kappa shape index (κ3) is 2.80. The van der Waals surface area contributed by atoms with E-state index in [1.54, 1.807) is 0 Å². The van der Waals surface area contributed by atoms with Crippen LogP contribution in [0.3, 0.4) is 0 Å². The largest absolute Gasteiger partial charge is 0.353 e. The van der Waals surface area contributed by atoms with Gasteiger partial charge in [0.15, 0.2) is 0 Å². The molecule has 5 heteroatoms. The average molecular weight is 293 g/mol. The van der Waals surface area contributed by atoms with E-state index in [1.165, 1.54) is 0 Å². The fourth-order valence-corrected chi connectivity index (χ4v) is 4.33. The summed E-state index contributed by atoms with van der Waals surface area (Å²) < 4.78 is 0. The van der Waals surface area contributed by atoms with Crippen LogP contribution in [0.2, 0.25) is 0 Å². The fraction of sp³-hybridized carbons (Fsp3) is 0.875. The van der Waals surface area contributed by atoms with E-state index >= 15 is 0 Å². The molecule has 0 radical (unpaired) electrons. The molecule has 3 unspecified atom stereocenters. The molecule has 0 saturated carbocycles. The smallest absolute Gasteiger partial charge is 0.242 e. The molecule has 118 valence electrons. The Balaban J connectivity index is 1.67. The lowest BCUT2D eigenvalue weighted by atomic mass is 9.83. The maximum atomic E-state index is 13.0. The maximum absolute atomic E-state index is 13.0. The van der Waals surface area contributed by atoms with Crippen molar-refractivity contribution < 1.29 is 9.59 Å². The molecule has 5 nitrogen and oxygen atoms in total. The first-order valence-corrected chi connectivity index (χ1v) is 8.48. The molecule has 0 aromatic rings. The van der Waals surface area contributed by atoms with Crippen LogP contribution in [0.1, 0.15) is 51.9 Å². The van der Waals surface area contributed by atoms with E-state index in [0.29, 0.717) is 18.2 Å². The highest BCUT2D eigenvalue weighted by Crippen LogP contribution is 2.31. The lowest BCUT2D eigenvalue weighted by molar-refractivity contribution is -0.141. The molecular weight excluding hydrogens is 266 g/mol. The van der Waals surface area contributed by atoms with Crippen LogP contribution in [-0.4, -0.2) is 47.9 Å². The standard InChI is InChI=1S/C16H27N3O2/c1-2-7-16(8-3-9-17-16)15(21)19-10-6-13-12(11-19)4-5-14(20)18-13/h12-13,17H,2-11H2,1H3,(H,18,20). The van der Waals surface area contributed by atoms with Crippen LogP contribution in [0.15, 0.2) is 0 Å². The Morgan fingerprint density at radius 3 is 3.00 bits per heavy atom. The SMILES string of the molecule is CCCC1(C(=O)N2CCC3NC(=O)CCC3C2)CCCN1. The molecule has 2 amide bonds. The predicted octanol–water partition coefficient (Wildman–Crippen LogP) is 1.04. The second-order valence-corrected chi connectivity index (χ2v) is 6.88. The van der Waals surface area contributed by atoms with Crippen LogP contribution in [0.5, 0.6) is 0 Å². The number of hydrogen-bond acceptors (Lipinski definition) is 3.